The highest BCUT2D eigenvalue weighted by Crippen LogP contribution is 2.06. The Morgan fingerprint density at radius 1 is 1.08 bits per heavy atom. The second-order valence-corrected chi connectivity index (χ2v) is 5.48. The highest BCUT2D eigenvalue weighted by atomic mass is 16.2. The predicted octanol–water partition coefficient (Wildman–Crippen LogP) is 1.42. The monoisotopic (exact) mass is 336 g/mol. The molecule has 0 aliphatic carbocycles. The van der Waals surface area contributed by atoms with Gasteiger partial charge < -0.3 is 5.32 Å². The maximum Gasteiger partial charge on any atom is 0.280 e. The van der Waals surface area contributed by atoms with E-state index in [1.54, 1.807) is 48.5 Å². The summed E-state index contributed by atoms with van der Waals surface area (Å²) in [6.45, 7) is 1.84. The van der Waals surface area contributed by atoms with Gasteiger partial charge in [-0.15, -0.1) is 0 Å². The third kappa shape index (κ3) is 3.72. The minimum Gasteiger partial charge on any atom is -0.352 e. The Morgan fingerprint density at radius 3 is 2.52 bits per heavy atom. The molecule has 0 bridgehead atoms. The third-order valence-electron chi connectivity index (χ3n) is 3.65. The summed E-state index contributed by atoms with van der Waals surface area (Å²) in [5.41, 5.74) is 4.01. The van der Waals surface area contributed by atoms with Crippen LogP contribution in [0.3, 0.4) is 0 Å². The first-order valence-corrected chi connectivity index (χ1v) is 7.66. The Bertz CT molecular complexity index is 993. The maximum absolute atomic E-state index is 12.4. The summed E-state index contributed by atoms with van der Waals surface area (Å²) in [6, 6.07) is 13.7. The first kappa shape index (κ1) is 16.4. The van der Waals surface area contributed by atoms with Crippen LogP contribution in [-0.2, 0) is 11.3 Å². The fourth-order valence-electron chi connectivity index (χ4n) is 2.32. The van der Waals surface area contributed by atoms with Gasteiger partial charge in [-0.3, -0.25) is 19.8 Å². The van der Waals surface area contributed by atoms with Gasteiger partial charge in [0.2, 0.25) is 5.91 Å². The van der Waals surface area contributed by atoms with Crippen LogP contribution in [0.25, 0.3) is 10.9 Å². The lowest BCUT2D eigenvalue weighted by Gasteiger charge is -2.09. The van der Waals surface area contributed by atoms with Gasteiger partial charge in [-0.2, -0.15) is 0 Å². The molecule has 7 nitrogen and oxygen atoms in total. The molecular formula is C18H16N4O3. The molecule has 126 valence electrons. The van der Waals surface area contributed by atoms with Gasteiger partial charge in [-0.05, 0) is 29.8 Å². The van der Waals surface area contributed by atoms with Gasteiger partial charge in [0, 0.05) is 19.0 Å². The number of nitrogens with zero attached hydrogens (tertiary/aromatic N) is 2. The van der Waals surface area contributed by atoms with Crippen LogP contribution in [0.4, 0.5) is 0 Å². The summed E-state index contributed by atoms with van der Waals surface area (Å²) >= 11 is 0. The molecule has 1 aromatic heterocycles. The van der Waals surface area contributed by atoms with Crippen molar-refractivity contribution in [2.24, 2.45) is 0 Å². The lowest BCUT2D eigenvalue weighted by Crippen LogP contribution is -2.33. The van der Waals surface area contributed by atoms with Crippen molar-refractivity contribution in [1.82, 2.24) is 15.0 Å². The summed E-state index contributed by atoms with van der Waals surface area (Å²) in [7, 11) is 0. The molecule has 3 aromatic rings. The van der Waals surface area contributed by atoms with Crippen LogP contribution in [0.1, 0.15) is 22.8 Å². The smallest absolute Gasteiger partial charge is 0.280 e. The molecular weight excluding hydrogens is 320 g/mol. The molecule has 0 atom stereocenters. The minimum absolute atomic E-state index is 0.120. The highest BCUT2D eigenvalue weighted by Gasteiger charge is 2.09. The molecule has 0 radical (unpaired) electrons. The highest BCUT2D eigenvalue weighted by molar-refractivity contribution is 6.00. The molecule has 0 spiro atoms. The molecule has 2 amide bonds. The van der Waals surface area contributed by atoms with Crippen molar-refractivity contribution in [3.05, 3.63) is 76.3 Å². The molecule has 0 aliphatic heterocycles. The molecule has 0 aliphatic rings. The second-order valence-electron chi connectivity index (χ2n) is 5.48. The van der Waals surface area contributed by atoms with Crippen molar-refractivity contribution >= 4 is 22.7 Å². The number of benzene rings is 2. The van der Waals surface area contributed by atoms with Gasteiger partial charge >= 0.3 is 0 Å². The summed E-state index contributed by atoms with van der Waals surface area (Å²) in [5, 5.41) is 3.11. The van der Waals surface area contributed by atoms with E-state index in [0.29, 0.717) is 23.0 Å². The Labute approximate surface area is 143 Å². The summed E-state index contributed by atoms with van der Waals surface area (Å²) in [4.78, 5) is 39.7. The number of rotatable bonds is 4. The lowest BCUT2D eigenvalue weighted by molar-refractivity contribution is -0.119. The standard InChI is InChI=1S/C18H16N4O3/c1-12(23)19-10-13-6-8-14(9-7-13)17(24)21-22-11-20-16-5-3-2-4-15(16)18(22)25/h2-9,11H,10H2,1H3,(H,19,23)(H,21,24). The largest absolute Gasteiger partial charge is 0.352 e. The number of nitrogens with one attached hydrogen (secondary N) is 2. The fourth-order valence-corrected chi connectivity index (χ4v) is 2.32. The molecule has 0 fully saturated rings. The van der Waals surface area contributed by atoms with Crippen LogP contribution in [0.5, 0.6) is 0 Å². The van der Waals surface area contributed by atoms with Gasteiger partial charge in [0.05, 0.1) is 10.9 Å². The van der Waals surface area contributed by atoms with Gasteiger partial charge in [0.15, 0.2) is 0 Å². The Balaban J connectivity index is 1.77. The predicted molar refractivity (Wildman–Crippen MR) is 93.7 cm³/mol. The van der Waals surface area contributed by atoms with Crippen LogP contribution in [-0.4, -0.2) is 21.5 Å². The van der Waals surface area contributed by atoms with E-state index < -0.39 is 5.91 Å². The SMILES string of the molecule is CC(=O)NCc1ccc(C(=O)Nn2cnc3ccccc3c2=O)cc1. The molecule has 0 saturated carbocycles. The number of hydrogen-bond acceptors (Lipinski definition) is 4. The van der Waals surface area contributed by atoms with E-state index in [9.17, 15) is 14.4 Å². The van der Waals surface area contributed by atoms with Gasteiger partial charge in [0.25, 0.3) is 11.5 Å². The summed E-state index contributed by atoms with van der Waals surface area (Å²) in [5.74, 6) is -0.546. The molecule has 1 heterocycles. The quantitative estimate of drug-likeness (QED) is 0.753. The van der Waals surface area contributed by atoms with Crippen LogP contribution in [0.2, 0.25) is 0 Å². The molecule has 0 saturated heterocycles. The van der Waals surface area contributed by atoms with E-state index in [1.807, 2.05) is 0 Å². The van der Waals surface area contributed by atoms with Crippen molar-refractivity contribution < 1.29 is 9.59 Å². The van der Waals surface area contributed by atoms with Gasteiger partial charge in [-0.25, -0.2) is 9.66 Å². The summed E-state index contributed by atoms with van der Waals surface area (Å²) < 4.78 is 1.07. The number of carbonyl (C=O) groups excluding carboxylic acids is 2. The van der Waals surface area contributed by atoms with Crippen LogP contribution in [0.15, 0.2) is 59.7 Å². The Kier molecular flexibility index (Phi) is 4.56. The number of fused-ring (bicyclic) bond motifs is 1. The first-order chi connectivity index (χ1) is 12.0. The van der Waals surface area contributed by atoms with E-state index in [0.717, 1.165) is 10.2 Å². The molecule has 0 unspecified atom stereocenters. The van der Waals surface area contributed by atoms with E-state index in [2.05, 4.69) is 15.7 Å². The zero-order valence-corrected chi connectivity index (χ0v) is 13.5. The molecule has 3 rings (SSSR count). The number of amides is 2. The van der Waals surface area contributed by atoms with E-state index in [4.69, 9.17) is 0 Å². The maximum atomic E-state index is 12.4. The normalized spacial score (nSPS) is 10.4. The molecule has 7 heteroatoms. The van der Waals surface area contributed by atoms with Crippen LogP contribution in [0, 0.1) is 0 Å². The number of hydrogen-bond donors (Lipinski definition) is 2. The molecule has 2 aromatic carbocycles. The zero-order valence-electron chi connectivity index (χ0n) is 13.5. The number of para-hydroxylation sites is 1. The number of carbonyl (C=O) groups is 2. The average molecular weight is 336 g/mol. The fraction of sp³-hybridized carbons (Fsp3) is 0.111. The second kappa shape index (κ2) is 6.96. The minimum atomic E-state index is -0.426. The lowest BCUT2D eigenvalue weighted by atomic mass is 10.1. The summed E-state index contributed by atoms with van der Waals surface area (Å²) in [6.07, 6.45) is 1.29. The van der Waals surface area contributed by atoms with Crippen molar-refractivity contribution in [2.75, 3.05) is 5.43 Å². The Hall–Kier alpha value is -3.48. The van der Waals surface area contributed by atoms with Crippen molar-refractivity contribution in [2.45, 2.75) is 13.5 Å². The Morgan fingerprint density at radius 2 is 1.80 bits per heavy atom. The van der Waals surface area contributed by atoms with Crippen molar-refractivity contribution in [3.63, 3.8) is 0 Å². The first-order valence-electron chi connectivity index (χ1n) is 7.66. The van der Waals surface area contributed by atoms with E-state index >= 15 is 0 Å². The van der Waals surface area contributed by atoms with Gasteiger partial charge in [0.1, 0.15) is 6.33 Å². The van der Waals surface area contributed by atoms with Crippen LogP contribution >= 0.6 is 0 Å². The van der Waals surface area contributed by atoms with E-state index in [1.165, 1.54) is 13.3 Å². The molecule has 25 heavy (non-hydrogen) atoms. The van der Waals surface area contributed by atoms with Crippen molar-refractivity contribution in [3.8, 4) is 0 Å². The molecule has 2 N–H and O–H groups in total. The van der Waals surface area contributed by atoms with Crippen molar-refractivity contribution in [1.29, 1.82) is 0 Å². The third-order valence-corrected chi connectivity index (χ3v) is 3.65. The van der Waals surface area contributed by atoms with E-state index in [-0.39, 0.29) is 11.5 Å². The average Bonchev–Trinajstić information content (AvgIpc) is 2.63. The topological polar surface area (TPSA) is 93.1 Å². The number of aromatic nitrogens is 2. The van der Waals surface area contributed by atoms with Gasteiger partial charge in [-0.1, -0.05) is 24.3 Å². The van der Waals surface area contributed by atoms with Crippen LogP contribution < -0.4 is 16.3 Å². The zero-order chi connectivity index (χ0) is 17.8.